The van der Waals surface area contributed by atoms with Crippen molar-refractivity contribution in [1.29, 1.82) is 0 Å². The number of benzene rings is 1. The van der Waals surface area contributed by atoms with Gasteiger partial charge in [0, 0.05) is 11.8 Å². The molecule has 0 atom stereocenters. The molecule has 0 aliphatic carbocycles. The van der Waals surface area contributed by atoms with Crippen LogP contribution in [0.2, 0.25) is 0 Å². The van der Waals surface area contributed by atoms with Gasteiger partial charge in [-0.15, -0.1) is 0 Å². The molecule has 1 N–H and O–H groups in total. The van der Waals surface area contributed by atoms with Crippen LogP contribution in [0.4, 0.5) is 10.2 Å². The Balaban J connectivity index is 1.86. The first-order chi connectivity index (χ1) is 9.65. The van der Waals surface area contributed by atoms with Crippen molar-refractivity contribution < 1.29 is 9.18 Å². The number of Topliss-reactive ketones (excluding diaryl/α,β-unsaturated/α-hetero) is 1. The number of halogens is 1. The molecular weight excluding hydrogens is 295 g/mol. The van der Waals surface area contributed by atoms with Gasteiger partial charge in [-0.1, -0.05) is 42.2 Å². The van der Waals surface area contributed by atoms with Gasteiger partial charge in [-0.25, -0.2) is 9.37 Å². The van der Waals surface area contributed by atoms with E-state index in [0.29, 0.717) is 15.7 Å². The molecule has 0 bridgehead atoms. The van der Waals surface area contributed by atoms with Crippen LogP contribution in [-0.2, 0) is 0 Å². The zero-order valence-electron chi connectivity index (χ0n) is 10.4. The van der Waals surface area contributed by atoms with Crippen molar-refractivity contribution in [3.05, 3.63) is 60.0 Å². The molecule has 0 aliphatic rings. The quantitative estimate of drug-likeness (QED) is 0.691. The monoisotopic (exact) mass is 306 g/mol. The van der Waals surface area contributed by atoms with Crippen LogP contribution in [0, 0.1) is 5.82 Å². The molecule has 0 fully saturated rings. The first-order valence-electron chi connectivity index (χ1n) is 5.79. The molecule has 0 aliphatic heterocycles. The van der Waals surface area contributed by atoms with Crippen LogP contribution >= 0.6 is 24.0 Å². The standard InChI is InChI=1S/C14H11FN2OS2/c15-11-5-3-4-10(8-11)12(18)9-20-14(19)17-13-6-1-2-7-16-13/h1-8H,9H2,(H,16,17,19). The lowest BCUT2D eigenvalue weighted by atomic mass is 10.1. The number of nitrogens with one attached hydrogen (secondary N) is 1. The zero-order valence-corrected chi connectivity index (χ0v) is 12.0. The fourth-order valence-corrected chi connectivity index (χ4v) is 2.34. The van der Waals surface area contributed by atoms with E-state index in [-0.39, 0.29) is 11.5 Å². The summed E-state index contributed by atoms with van der Waals surface area (Å²) in [5.74, 6) is 0.195. The highest BCUT2D eigenvalue weighted by molar-refractivity contribution is 8.23. The van der Waals surface area contributed by atoms with E-state index in [1.165, 1.54) is 30.0 Å². The highest BCUT2D eigenvalue weighted by atomic mass is 32.2. The molecule has 0 saturated carbocycles. The fourth-order valence-electron chi connectivity index (χ4n) is 1.45. The van der Waals surface area contributed by atoms with E-state index in [1.807, 2.05) is 6.07 Å². The van der Waals surface area contributed by atoms with E-state index >= 15 is 0 Å². The normalized spacial score (nSPS) is 10.1. The third kappa shape index (κ3) is 4.40. The average molecular weight is 306 g/mol. The van der Waals surface area contributed by atoms with E-state index in [4.69, 9.17) is 12.2 Å². The Morgan fingerprint density at radius 2 is 2.15 bits per heavy atom. The number of thiocarbonyl (C=S) groups is 1. The summed E-state index contributed by atoms with van der Waals surface area (Å²) in [5.41, 5.74) is 0.345. The Labute approximate surface area is 125 Å². The highest BCUT2D eigenvalue weighted by Gasteiger charge is 2.09. The summed E-state index contributed by atoms with van der Waals surface area (Å²) in [6.07, 6.45) is 1.65. The largest absolute Gasteiger partial charge is 0.326 e. The zero-order chi connectivity index (χ0) is 14.4. The van der Waals surface area contributed by atoms with Crippen LogP contribution in [-0.4, -0.2) is 20.8 Å². The molecule has 6 heteroatoms. The molecule has 1 heterocycles. The predicted molar refractivity (Wildman–Crippen MR) is 83.6 cm³/mol. The minimum absolute atomic E-state index is 0.155. The number of carbonyl (C=O) groups is 1. The van der Waals surface area contributed by atoms with E-state index in [2.05, 4.69) is 10.3 Å². The van der Waals surface area contributed by atoms with Crippen LogP contribution < -0.4 is 5.32 Å². The van der Waals surface area contributed by atoms with Gasteiger partial charge in [-0.2, -0.15) is 0 Å². The third-order valence-electron chi connectivity index (χ3n) is 2.38. The molecule has 1 aromatic heterocycles. The number of hydrogen-bond donors (Lipinski definition) is 1. The number of aromatic nitrogens is 1. The molecule has 0 spiro atoms. The number of carbonyl (C=O) groups excluding carboxylic acids is 1. The minimum atomic E-state index is -0.421. The lowest BCUT2D eigenvalue weighted by molar-refractivity contribution is 0.102. The van der Waals surface area contributed by atoms with Crippen LogP contribution in [0.3, 0.4) is 0 Å². The smallest absolute Gasteiger partial charge is 0.173 e. The first-order valence-corrected chi connectivity index (χ1v) is 7.18. The van der Waals surface area contributed by atoms with Crippen LogP contribution in [0.15, 0.2) is 48.7 Å². The number of pyridine rings is 1. The summed E-state index contributed by atoms with van der Waals surface area (Å²) < 4.78 is 13.5. The van der Waals surface area contributed by atoms with Crippen LogP contribution in [0.5, 0.6) is 0 Å². The molecule has 2 rings (SSSR count). The van der Waals surface area contributed by atoms with E-state index in [9.17, 15) is 9.18 Å². The van der Waals surface area contributed by atoms with Gasteiger partial charge >= 0.3 is 0 Å². The van der Waals surface area contributed by atoms with E-state index < -0.39 is 5.82 Å². The van der Waals surface area contributed by atoms with Crippen molar-refractivity contribution in [3.63, 3.8) is 0 Å². The maximum absolute atomic E-state index is 13.0. The van der Waals surface area contributed by atoms with Gasteiger partial charge in [0.05, 0.1) is 5.75 Å². The Kier molecular flexibility index (Phi) is 5.20. The van der Waals surface area contributed by atoms with Crippen LogP contribution in [0.1, 0.15) is 10.4 Å². The Hall–Kier alpha value is -1.79. The molecule has 102 valence electrons. The molecule has 0 radical (unpaired) electrons. The van der Waals surface area contributed by atoms with E-state index in [0.717, 1.165) is 0 Å². The second-order valence-corrected chi connectivity index (χ2v) is 5.50. The Bertz CT molecular complexity index is 620. The number of nitrogens with zero attached hydrogens (tertiary/aromatic N) is 1. The number of rotatable bonds is 4. The number of hydrogen-bond acceptors (Lipinski definition) is 4. The minimum Gasteiger partial charge on any atom is -0.326 e. The Morgan fingerprint density at radius 1 is 1.30 bits per heavy atom. The topological polar surface area (TPSA) is 42.0 Å². The van der Waals surface area contributed by atoms with Crippen LogP contribution in [0.25, 0.3) is 0 Å². The first kappa shape index (κ1) is 14.6. The lowest BCUT2D eigenvalue weighted by Gasteiger charge is -2.06. The lowest BCUT2D eigenvalue weighted by Crippen LogP contribution is -2.10. The molecule has 0 saturated heterocycles. The molecule has 0 unspecified atom stereocenters. The van der Waals surface area contributed by atoms with Crippen molar-refractivity contribution >= 4 is 39.9 Å². The molecule has 3 nitrogen and oxygen atoms in total. The second-order valence-electron chi connectivity index (χ2n) is 3.85. The van der Waals surface area contributed by atoms with Gasteiger partial charge in [0.25, 0.3) is 0 Å². The summed E-state index contributed by atoms with van der Waals surface area (Å²) in [4.78, 5) is 15.9. The second kappa shape index (κ2) is 7.12. The summed E-state index contributed by atoms with van der Waals surface area (Å²) in [6.45, 7) is 0. The molecule has 2 aromatic rings. The van der Waals surface area contributed by atoms with Gasteiger partial charge in [0.1, 0.15) is 16.0 Å². The maximum atomic E-state index is 13.0. The summed E-state index contributed by atoms with van der Waals surface area (Å²) in [7, 11) is 0. The van der Waals surface area contributed by atoms with Gasteiger partial charge < -0.3 is 5.32 Å². The van der Waals surface area contributed by atoms with E-state index in [1.54, 1.807) is 24.4 Å². The van der Waals surface area contributed by atoms with Gasteiger partial charge in [-0.3, -0.25) is 4.79 Å². The van der Waals surface area contributed by atoms with Crippen molar-refractivity contribution in [2.24, 2.45) is 0 Å². The average Bonchev–Trinajstić information content (AvgIpc) is 2.46. The van der Waals surface area contributed by atoms with Crippen molar-refractivity contribution in [3.8, 4) is 0 Å². The summed E-state index contributed by atoms with van der Waals surface area (Å²) in [6, 6.07) is 11.0. The third-order valence-corrected chi connectivity index (χ3v) is 3.60. The van der Waals surface area contributed by atoms with Crippen molar-refractivity contribution in [1.82, 2.24) is 4.98 Å². The van der Waals surface area contributed by atoms with Gasteiger partial charge in [0.15, 0.2) is 5.78 Å². The molecule has 0 amide bonds. The number of anilines is 1. The fraction of sp³-hybridized carbons (Fsp3) is 0.0714. The Morgan fingerprint density at radius 3 is 2.85 bits per heavy atom. The number of ketones is 1. The van der Waals surface area contributed by atoms with Gasteiger partial charge in [0.2, 0.25) is 0 Å². The predicted octanol–water partition coefficient (Wildman–Crippen LogP) is 3.53. The maximum Gasteiger partial charge on any atom is 0.173 e. The summed E-state index contributed by atoms with van der Waals surface area (Å²) >= 11 is 6.30. The van der Waals surface area contributed by atoms with Crippen molar-refractivity contribution in [2.75, 3.05) is 11.1 Å². The molecular formula is C14H11FN2OS2. The highest BCUT2D eigenvalue weighted by Crippen LogP contribution is 2.12. The number of thioether (sulfide) groups is 1. The van der Waals surface area contributed by atoms with Crippen molar-refractivity contribution in [2.45, 2.75) is 0 Å². The SMILES string of the molecule is O=C(CSC(=S)Nc1ccccn1)c1cccc(F)c1. The van der Waals surface area contributed by atoms with Gasteiger partial charge in [-0.05, 0) is 24.3 Å². The molecule has 20 heavy (non-hydrogen) atoms. The summed E-state index contributed by atoms with van der Waals surface area (Å²) in [5, 5.41) is 2.92. The molecule has 1 aromatic carbocycles.